The number of allylic oxidation sites excluding steroid dienone is 1. The Morgan fingerprint density at radius 2 is 1.65 bits per heavy atom. The molecule has 0 bridgehead atoms. The highest BCUT2D eigenvalue weighted by Crippen LogP contribution is 2.48. The standard InChI is InChI=1S/C27H19N3O4/c1-14-7-6-8-15(13-14)30-26(33)19-20(27(30)34)23(29-22(19)18-11-4-5-12-28-18)21-24(31)16-9-2-3-10-17(16)25(21)32/h2-13,19-20,22,31H,1H3. The first kappa shape index (κ1) is 20.2. The Balaban J connectivity index is 1.52. The molecule has 1 fully saturated rings. The van der Waals surface area contributed by atoms with E-state index in [0.717, 1.165) is 5.56 Å². The smallest absolute Gasteiger partial charge is 0.243 e. The molecule has 3 atom stereocenters. The number of aliphatic hydroxyl groups excluding tert-OH is 1. The van der Waals surface area contributed by atoms with Gasteiger partial charge in [0.15, 0.2) is 5.78 Å². The quantitative estimate of drug-likeness (QED) is 0.612. The predicted molar refractivity (Wildman–Crippen MR) is 125 cm³/mol. The van der Waals surface area contributed by atoms with Crippen LogP contribution in [0.25, 0.3) is 5.76 Å². The van der Waals surface area contributed by atoms with E-state index >= 15 is 0 Å². The van der Waals surface area contributed by atoms with Crippen molar-refractivity contribution in [3.63, 3.8) is 0 Å². The number of imide groups is 1. The zero-order valence-corrected chi connectivity index (χ0v) is 18.2. The number of fused-ring (bicyclic) bond motifs is 2. The number of hydrogen-bond acceptors (Lipinski definition) is 6. The van der Waals surface area contributed by atoms with E-state index in [9.17, 15) is 19.5 Å². The van der Waals surface area contributed by atoms with Crippen LogP contribution in [0.4, 0.5) is 5.69 Å². The van der Waals surface area contributed by atoms with E-state index < -0.39 is 35.5 Å². The van der Waals surface area contributed by atoms with Crippen LogP contribution >= 0.6 is 0 Å². The molecule has 0 spiro atoms. The number of pyridine rings is 1. The van der Waals surface area contributed by atoms with E-state index in [2.05, 4.69) is 4.98 Å². The zero-order chi connectivity index (χ0) is 23.6. The van der Waals surface area contributed by atoms with Gasteiger partial charge in [-0.25, -0.2) is 4.90 Å². The second-order valence-electron chi connectivity index (χ2n) is 8.67. The fraction of sp³-hybridized carbons (Fsp3) is 0.148. The van der Waals surface area contributed by atoms with Crippen LogP contribution < -0.4 is 4.90 Å². The summed E-state index contributed by atoms with van der Waals surface area (Å²) in [6, 6.07) is 18.4. The fourth-order valence-electron chi connectivity index (χ4n) is 5.15. The summed E-state index contributed by atoms with van der Waals surface area (Å²) < 4.78 is 0. The summed E-state index contributed by atoms with van der Waals surface area (Å²) in [6.07, 6.45) is 1.60. The molecule has 6 rings (SSSR count). The molecular formula is C27H19N3O4. The minimum Gasteiger partial charge on any atom is -0.506 e. The van der Waals surface area contributed by atoms with Crippen molar-refractivity contribution in [2.24, 2.45) is 16.8 Å². The monoisotopic (exact) mass is 449 g/mol. The Morgan fingerprint density at radius 3 is 2.35 bits per heavy atom. The number of rotatable bonds is 3. The molecule has 3 unspecified atom stereocenters. The van der Waals surface area contributed by atoms with Crippen molar-refractivity contribution in [3.8, 4) is 0 Å². The van der Waals surface area contributed by atoms with Crippen molar-refractivity contribution < 1.29 is 19.5 Å². The number of carbonyl (C=O) groups is 3. The Labute approximate surface area is 195 Å². The largest absolute Gasteiger partial charge is 0.506 e. The zero-order valence-electron chi connectivity index (χ0n) is 18.2. The third kappa shape index (κ3) is 2.73. The van der Waals surface area contributed by atoms with Crippen molar-refractivity contribution in [1.29, 1.82) is 0 Å². The maximum absolute atomic E-state index is 13.7. The molecule has 3 aliphatic rings. The Morgan fingerprint density at radius 1 is 0.882 bits per heavy atom. The van der Waals surface area contributed by atoms with Gasteiger partial charge in [-0.05, 0) is 36.8 Å². The lowest BCUT2D eigenvalue weighted by Gasteiger charge is -2.18. The van der Waals surface area contributed by atoms with Gasteiger partial charge in [-0.15, -0.1) is 0 Å². The van der Waals surface area contributed by atoms with Gasteiger partial charge in [-0.2, -0.15) is 0 Å². The summed E-state index contributed by atoms with van der Waals surface area (Å²) >= 11 is 0. The number of aliphatic hydroxyl groups is 1. The van der Waals surface area contributed by atoms with Crippen LogP contribution in [0.3, 0.4) is 0 Å². The average Bonchev–Trinajstić information content (AvgIpc) is 3.44. The second-order valence-corrected chi connectivity index (χ2v) is 8.67. The van der Waals surface area contributed by atoms with Gasteiger partial charge in [0.2, 0.25) is 11.8 Å². The van der Waals surface area contributed by atoms with E-state index in [1.54, 1.807) is 66.9 Å². The van der Waals surface area contributed by atoms with Crippen molar-refractivity contribution in [1.82, 2.24) is 4.98 Å². The summed E-state index contributed by atoms with van der Waals surface area (Å²) in [7, 11) is 0. The number of ketones is 1. The molecule has 0 radical (unpaired) electrons. The molecule has 1 aliphatic carbocycles. The highest BCUT2D eigenvalue weighted by atomic mass is 16.3. The van der Waals surface area contributed by atoms with Crippen LogP contribution in [0.2, 0.25) is 0 Å². The molecule has 2 amide bonds. The van der Waals surface area contributed by atoms with Crippen LogP contribution in [0.15, 0.2) is 83.5 Å². The summed E-state index contributed by atoms with van der Waals surface area (Å²) in [4.78, 5) is 50.9. The average molecular weight is 449 g/mol. The number of hydrogen-bond donors (Lipinski definition) is 1. The first-order chi connectivity index (χ1) is 16.5. The number of aryl methyl sites for hydroxylation is 1. The van der Waals surface area contributed by atoms with Crippen molar-refractivity contribution in [2.75, 3.05) is 4.90 Å². The topological polar surface area (TPSA) is 99.9 Å². The van der Waals surface area contributed by atoms with Crippen molar-refractivity contribution >= 4 is 34.8 Å². The molecule has 0 saturated carbocycles. The third-order valence-corrected chi connectivity index (χ3v) is 6.66. The number of carbonyl (C=O) groups excluding carboxylic acids is 3. The Bertz CT molecular complexity index is 1460. The van der Waals surface area contributed by atoms with Gasteiger partial charge < -0.3 is 5.11 Å². The number of aromatic nitrogens is 1. The maximum Gasteiger partial charge on any atom is 0.243 e. The molecular weight excluding hydrogens is 430 g/mol. The van der Waals surface area contributed by atoms with Gasteiger partial charge in [-0.1, -0.05) is 42.5 Å². The Kier molecular flexibility index (Phi) is 4.35. The first-order valence-corrected chi connectivity index (χ1v) is 11.0. The lowest BCUT2D eigenvalue weighted by atomic mass is 9.84. The molecule has 1 aromatic heterocycles. The van der Waals surface area contributed by atoms with Crippen LogP contribution in [-0.2, 0) is 9.59 Å². The van der Waals surface area contributed by atoms with E-state index in [1.807, 2.05) is 13.0 Å². The van der Waals surface area contributed by atoms with Gasteiger partial charge >= 0.3 is 0 Å². The molecule has 2 aliphatic heterocycles. The molecule has 166 valence electrons. The van der Waals surface area contributed by atoms with Gasteiger partial charge in [0.05, 0.1) is 34.5 Å². The summed E-state index contributed by atoms with van der Waals surface area (Å²) in [5, 5.41) is 11.0. The van der Waals surface area contributed by atoms with Crippen molar-refractivity contribution in [3.05, 3.63) is 101 Å². The predicted octanol–water partition coefficient (Wildman–Crippen LogP) is 3.86. The number of aliphatic imine (C=N–C) groups is 1. The molecule has 1 N–H and O–H groups in total. The number of amides is 2. The molecule has 1 saturated heterocycles. The lowest BCUT2D eigenvalue weighted by molar-refractivity contribution is -0.122. The molecule has 3 heterocycles. The lowest BCUT2D eigenvalue weighted by Crippen LogP contribution is -2.33. The molecule has 34 heavy (non-hydrogen) atoms. The fourth-order valence-corrected chi connectivity index (χ4v) is 5.15. The van der Waals surface area contributed by atoms with Gasteiger partial charge in [0, 0.05) is 17.3 Å². The van der Waals surface area contributed by atoms with E-state index in [-0.39, 0.29) is 17.0 Å². The maximum atomic E-state index is 13.7. The van der Waals surface area contributed by atoms with Crippen molar-refractivity contribution in [2.45, 2.75) is 13.0 Å². The SMILES string of the molecule is Cc1cccc(N2C(=O)C3C(C4=C(O)c5ccccc5C4=O)=NC(c4ccccn4)C3C2=O)c1. The summed E-state index contributed by atoms with van der Waals surface area (Å²) in [6.45, 7) is 1.89. The highest BCUT2D eigenvalue weighted by Gasteiger charge is 2.59. The normalized spacial score (nSPS) is 23.4. The second kappa shape index (κ2) is 7.31. The van der Waals surface area contributed by atoms with Crippen LogP contribution in [0, 0.1) is 18.8 Å². The number of anilines is 1. The molecule has 7 heteroatoms. The minimum atomic E-state index is -0.990. The van der Waals surface area contributed by atoms with E-state index in [1.165, 1.54) is 4.90 Å². The van der Waals surface area contributed by atoms with Crippen LogP contribution in [0.1, 0.15) is 33.2 Å². The van der Waals surface area contributed by atoms with Crippen LogP contribution in [0.5, 0.6) is 0 Å². The van der Waals surface area contributed by atoms with E-state index in [0.29, 0.717) is 22.5 Å². The number of benzene rings is 2. The number of nitrogens with zero attached hydrogens (tertiary/aromatic N) is 3. The highest BCUT2D eigenvalue weighted by molar-refractivity contribution is 6.42. The molecule has 7 nitrogen and oxygen atoms in total. The van der Waals surface area contributed by atoms with Gasteiger partial charge in [0.25, 0.3) is 0 Å². The first-order valence-electron chi connectivity index (χ1n) is 11.0. The van der Waals surface area contributed by atoms with Gasteiger partial charge in [-0.3, -0.25) is 24.4 Å². The van der Waals surface area contributed by atoms with Gasteiger partial charge in [0.1, 0.15) is 11.8 Å². The molecule has 3 aromatic rings. The third-order valence-electron chi connectivity index (χ3n) is 6.66. The Hall–Kier alpha value is -4.39. The number of Topliss-reactive ketones (excluding diaryl/α,β-unsaturated/α-hetero) is 1. The summed E-state index contributed by atoms with van der Waals surface area (Å²) in [5.74, 6) is -3.31. The molecule has 2 aromatic carbocycles. The minimum absolute atomic E-state index is 0.0122. The van der Waals surface area contributed by atoms with E-state index in [4.69, 9.17) is 4.99 Å². The summed E-state index contributed by atoms with van der Waals surface area (Å²) in [5.41, 5.74) is 2.80. The van der Waals surface area contributed by atoms with Crippen LogP contribution in [-0.4, -0.2) is 33.4 Å².